The van der Waals surface area contributed by atoms with Gasteiger partial charge in [-0.15, -0.1) is 0 Å². The molecule has 61 heavy (non-hydrogen) atoms. The summed E-state index contributed by atoms with van der Waals surface area (Å²) in [6.07, 6.45) is 35.8. The molecule has 1 aliphatic heterocycles. The highest BCUT2D eigenvalue weighted by molar-refractivity contribution is 7.85. The predicted molar refractivity (Wildman–Crippen MR) is 242 cm³/mol. The molecule has 1 saturated heterocycles. The van der Waals surface area contributed by atoms with Crippen molar-refractivity contribution in [3.63, 3.8) is 0 Å². The van der Waals surface area contributed by atoms with Crippen LogP contribution in [0.5, 0.6) is 0 Å². The van der Waals surface area contributed by atoms with Crippen molar-refractivity contribution in [3.05, 3.63) is 48.6 Å². The Kier molecular flexibility index (Phi) is 35.4. The first kappa shape index (κ1) is 56.6. The summed E-state index contributed by atoms with van der Waals surface area (Å²) in [5, 5.41) is 30.9. The largest absolute Gasteiger partial charge is 0.462 e. The minimum Gasteiger partial charge on any atom is -0.462 e. The number of unbranched alkanes of at least 4 members (excludes halogenated alkanes) is 19. The van der Waals surface area contributed by atoms with Gasteiger partial charge in [0.15, 0.2) is 12.4 Å². The number of hydrogen-bond acceptors (Lipinski definition) is 11. The highest BCUT2D eigenvalue weighted by Crippen LogP contribution is 2.24. The molecule has 0 spiro atoms. The minimum atomic E-state index is -4.61. The Morgan fingerprint density at radius 3 is 1.49 bits per heavy atom. The van der Waals surface area contributed by atoms with E-state index in [4.69, 9.17) is 18.9 Å². The fourth-order valence-corrected chi connectivity index (χ4v) is 7.59. The highest BCUT2D eigenvalue weighted by atomic mass is 32.2. The normalized spacial score (nSPS) is 20.4. The number of esters is 2. The SMILES string of the molecule is CCCC/C=C/C/C=C/CCCCCCCC(=O)O[C@H](COC(=O)CCCCCCCCCCC/C=C/C/C=C/CCCCC)CO[C@H]1O[C@H](CS(=O)(=O)O)[C@@H](O)C(O)C1O. The summed E-state index contributed by atoms with van der Waals surface area (Å²) in [5.41, 5.74) is 0. The molecule has 12 nitrogen and oxygen atoms in total. The van der Waals surface area contributed by atoms with E-state index >= 15 is 0 Å². The van der Waals surface area contributed by atoms with Crippen LogP contribution in [0.15, 0.2) is 48.6 Å². The lowest BCUT2D eigenvalue weighted by Crippen LogP contribution is -2.60. The third-order valence-corrected chi connectivity index (χ3v) is 11.4. The summed E-state index contributed by atoms with van der Waals surface area (Å²) in [6.45, 7) is 3.68. The summed E-state index contributed by atoms with van der Waals surface area (Å²) < 4.78 is 54.1. The average Bonchev–Trinajstić information content (AvgIpc) is 3.22. The molecule has 0 aromatic carbocycles. The summed E-state index contributed by atoms with van der Waals surface area (Å²) in [6, 6.07) is 0. The molecule has 6 atom stereocenters. The zero-order chi connectivity index (χ0) is 44.8. The molecule has 0 aromatic heterocycles. The molecular weight excluding hydrogens is 801 g/mol. The topological polar surface area (TPSA) is 186 Å². The van der Waals surface area contributed by atoms with Gasteiger partial charge in [0.25, 0.3) is 10.1 Å². The molecule has 0 aromatic rings. The molecule has 0 bridgehead atoms. The first-order chi connectivity index (χ1) is 29.5. The molecule has 0 saturated carbocycles. The number of allylic oxidation sites excluding steroid dienone is 8. The molecule has 1 rings (SSSR count). The Morgan fingerprint density at radius 1 is 0.557 bits per heavy atom. The molecule has 0 amide bonds. The van der Waals surface area contributed by atoms with Crippen LogP contribution in [0, 0.1) is 0 Å². The van der Waals surface area contributed by atoms with Crippen molar-refractivity contribution in [1.29, 1.82) is 0 Å². The molecule has 1 fully saturated rings. The van der Waals surface area contributed by atoms with Crippen molar-refractivity contribution in [2.24, 2.45) is 0 Å². The van der Waals surface area contributed by atoms with Crippen LogP contribution in [0.3, 0.4) is 0 Å². The van der Waals surface area contributed by atoms with E-state index in [1.165, 1.54) is 70.6 Å². The van der Waals surface area contributed by atoms with E-state index in [0.717, 1.165) is 77.0 Å². The summed E-state index contributed by atoms with van der Waals surface area (Å²) in [5.74, 6) is -2.01. The summed E-state index contributed by atoms with van der Waals surface area (Å²) >= 11 is 0. The highest BCUT2D eigenvalue weighted by Gasteiger charge is 2.46. The van der Waals surface area contributed by atoms with Gasteiger partial charge in [0, 0.05) is 12.8 Å². The molecule has 354 valence electrons. The molecule has 0 radical (unpaired) electrons. The second-order valence-electron chi connectivity index (χ2n) is 16.4. The van der Waals surface area contributed by atoms with Crippen LogP contribution in [-0.4, -0.2) is 96.0 Å². The second kappa shape index (κ2) is 38.1. The van der Waals surface area contributed by atoms with E-state index in [0.29, 0.717) is 12.8 Å². The van der Waals surface area contributed by atoms with Crippen molar-refractivity contribution in [2.45, 2.75) is 224 Å². The van der Waals surface area contributed by atoms with Gasteiger partial charge in [0.05, 0.1) is 6.61 Å². The Balaban J connectivity index is 2.42. The maximum Gasteiger partial charge on any atom is 0.306 e. The molecule has 1 aliphatic rings. The van der Waals surface area contributed by atoms with Gasteiger partial charge in [-0.1, -0.05) is 152 Å². The van der Waals surface area contributed by atoms with Crippen molar-refractivity contribution in [2.75, 3.05) is 19.0 Å². The van der Waals surface area contributed by atoms with Gasteiger partial charge in [0.2, 0.25) is 0 Å². The van der Waals surface area contributed by atoms with E-state index < -0.39 is 71.2 Å². The first-order valence-corrected chi connectivity index (χ1v) is 25.3. The lowest BCUT2D eigenvalue weighted by atomic mass is 10.00. The van der Waals surface area contributed by atoms with Gasteiger partial charge in [-0.2, -0.15) is 8.42 Å². The van der Waals surface area contributed by atoms with Crippen LogP contribution in [0.2, 0.25) is 0 Å². The first-order valence-electron chi connectivity index (χ1n) is 23.7. The summed E-state index contributed by atoms with van der Waals surface area (Å²) in [7, 11) is -4.61. The van der Waals surface area contributed by atoms with Gasteiger partial charge in [-0.25, -0.2) is 0 Å². The standard InChI is InChI=1S/C48H84O12S/c1-3-5-7-9-11-13-15-17-19-20-21-22-23-25-26-28-30-32-34-36-43(49)57-38-41(39-58-48-47(53)46(52)45(51)42(60-48)40-61(54,55)56)59-44(50)37-35-33-31-29-27-24-18-16-14-12-10-8-6-4-2/h10-13,16-19,41-42,45-48,51-53H,3-9,14-15,20-40H2,1-2H3,(H,54,55,56)/b12-10+,13-11+,18-16+,19-17+/t41-,42-,45-,46?,47?,48+/m1/s1. The van der Waals surface area contributed by atoms with Crippen LogP contribution in [0.4, 0.5) is 0 Å². The molecule has 13 heteroatoms. The van der Waals surface area contributed by atoms with Crippen LogP contribution < -0.4 is 0 Å². The van der Waals surface area contributed by atoms with Crippen molar-refractivity contribution < 1.29 is 56.8 Å². The number of carbonyl (C=O) groups excluding carboxylic acids is 2. The van der Waals surface area contributed by atoms with E-state index in [1.807, 2.05) is 0 Å². The van der Waals surface area contributed by atoms with Crippen LogP contribution >= 0.6 is 0 Å². The number of rotatable bonds is 39. The Hall–Kier alpha value is -2.39. The van der Waals surface area contributed by atoms with Gasteiger partial charge in [-0.3, -0.25) is 14.1 Å². The number of ether oxygens (including phenoxy) is 4. The molecular formula is C48H84O12S. The molecule has 0 aliphatic carbocycles. The molecule has 1 heterocycles. The monoisotopic (exact) mass is 885 g/mol. The van der Waals surface area contributed by atoms with E-state index in [-0.39, 0.29) is 19.4 Å². The average molecular weight is 885 g/mol. The van der Waals surface area contributed by atoms with Crippen molar-refractivity contribution in [3.8, 4) is 0 Å². The fraction of sp³-hybridized carbons (Fsp3) is 0.792. The third-order valence-electron chi connectivity index (χ3n) is 10.6. The lowest BCUT2D eigenvalue weighted by molar-refractivity contribution is -0.297. The van der Waals surface area contributed by atoms with Crippen molar-refractivity contribution >= 4 is 22.1 Å². The molecule has 4 N–H and O–H groups in total. The quantitative estimate of drug-likeness (QED) is 0.0198. The zero-order valence-electron chi connectivity index (χ0n) is 37.8. The predicted octanol–water partition coefficient (Wildman–Crippen LogP) is 9.95. The van der Waals surface area contributed by atoms with E-state index in [1.54, 1.807) is 0 Å². The van der Waals surface area contributed by atoms with Gasteiger partial charge in [-0.05, 0) is 70.6 Å². The van der Waals surface area contributed by atoms with Gasteiger partial charge in [0.1, 0.15) is 36.8 Å². The Labute approximate surface area is 369 Å². The van der Waals surface area contributed by atoms with E-state index in [9.17, 15) is 37.9 Å². The number of aliphatic hydroxyl groups excluding tert-OH is 3. The Bertz CT molecular complexity index is 1310. The second-order valence-corrected chi connectivity index (χ2v) is 17.9. The minimum absolute atomic E-state index is 0.146. The van der Waals surface area contributed by atoms with Gasteiger partial charge < -0.3 is 34.3 Å². The van der Waals surface area contributed by atoms with Crippen molar-refractivity contribution in [1.82, 2.24) is 0 Å². The molecule has 2 unspecified atom stereocenters. The number of hydrogen-bond donors (Lipinski definition) is 4. The third kappa shape index (κ3) is 32.9. The smallest absolute Gasteiger partial charge is 0.306 e. The lowest BCUT2D eigenvalue weighted by Gasteiger charge is -2.40. The number of carbonyl (C=O) groups is 2. The van der Waals surface area contributed by atoms with Gasteiger partial charge >= 0.3 is 11.9 Å². The van der Waals surface area contributed by atoms with E-state index in [2.05, 4.69) is 62.5 Å². The summed E-state index contributed by atoms with van der Waals surface area (Å²) in [4.78, 5) is 25.4. The van der Waals surface area contributed by atoms with Crippen LogP contribution in [0.25, 0.3) is 0 Å². The Morgan fingerprint density at radius 2 is 1.00 bits per heavy atom. The number of aliphatic hydroxyl groups is 3. The maximum atomic E-state index is 12.8. The fourth-order valence-electron chi connectivity index (χ4n) is 6.90. The van der Waals surface area contributed by atoms with Crippen LogP contribution in [0.1, 0.15) is 187 Å². The van der Waals surface area contributed by atoms with Crippen LogP contribution in [-0.2, 0) is 38.7 Å². The zero-order valence-corrected chi connectivity index (χ0v) is 38.6. The maximum absolute atomic E-state index is 12.8.